The fourth-order valence-corrected chi connectivity index (χ4v) is 3.48. The number of amides is 1. The van der Waals surface area contributed by atoms with Gasteiger partial charge in [-0.25, -0.2) is 4.98 Å². The van der Waals surface area contributed by atoms with E-state index in [4.69, 9.17) is 0 Å². The molecule has 0 saturated carbocycles. The molecule has 1 aromatic heterocycles. The largest absolute Gasteiger partial charge is 0.392 e. The highest BCUT2D eigenvalue weighted by molar-refractivity contribution is 9.10. The number of fused-ring (bicyclic) bond motifs is 1. The Hall–Kier alpha value is -1.38. The Labute approximate surface area is 165 Å². The molecule has 6 nitrogen and oxygen atoms in total. The molecular weight excluding hydrogens is 418 g/mol. The van der Waals surface area contributed by atoms with Crippen molar-refractivity contribution in [2.24, 2.45) is 5.92 Å². The molecule has 1 amide bonds. The first-order valence-electron chi connectivity index (χ1n) is 8.49. The first kappa shape index (κ1) is 20.9. The van der Waals surface area contributed by atoms with Crippen molar-refractivity contribution in [2.75, 3.05) is 5.75 Å². The van der Waals surface area contributed by atoms with Crippen molar-refractivity contribution in [3.8, 4) is 0 Å². The molecule has 0 aliphatic rings. The van der Waals surface area contributed by atoms with Crippen molar-refractivity contribution >= 4 is 44.5 Å². The fourth-order valence-electron chi connectivity index (χ4n) is 2.30. The summed E-state index contributed by atoms with van der Waals surface area (Å²) >= 11 is 4.56. The number of aromatic nitrogens is 2. The average Bonchev–Trinajstić information content (AvgIpc) is 2.56. The van der Waals surface area contributed by atoms with Crippen molar-refractivity contribution in [2.45, 2.75) is 51.5 Å². The van der Waals surface area contributed by atoms with Gasteiger partial charge in [0.05, 0.1) is 29.3 Å². The lowest BCUT2D eigenvalue weighted by Gasteiger charge is -2.18. The third-order valence-electron chi connectivity index (χ3n) is 4.05. The van der Waals surface area contributed by atoms with Crippen molar-refractivity contribution in [1.82, 2.24) is 14.9 Å². The smallest absolute Gasteiger partial charge is 0.262 e. The second-order valence-corrected chi connectivity index (χ2v) is 8.57. The Kier molecular flexibility index (Phi) is 7.25. The lowest BCUT2D eigenvalue weighted by molar-refractivity contribution is -0.119. The molecule has 0 bridgehead atoms. The molecule has 2 N–H and O–H groups in total. The lowest BCUT2D eigenvalue weighted by Crippen LogP contribution is -2.37. The zero-order chi connectivity index (χ0) is 19.4. The summed E-state index contributed by atoms with van der Waals surface area (Å²) < 4.78 is 2.22. The molecule has 1 heterocycles. The SMILES string of the molecule is CC(C)[C@@H](C)NC(=O)CSc1nc2ccc(Br)cc2c(=O)n1C[C@@H](C)O. The Morgan fingerprint density at radius 2 is 2.04 bits per heavy atom. The second kappa shape index (κ2) is 9.01. The zero-order valence-electron chi connectivity index (χ0n) is 15.3. The predicted molar refractivity (Wildman–Crippen MR) is 109 cm³/mol. The number of carbonyl (C=O) groups excluding carboxylic acids is 1. The maximum absolute atomic E-state index is 12.8. The summed E-state index contributed by atoms with van der Waals surface area (Å²) in [5, 5.41) is 13.6. The molecule has 2 atom stereocenters. The highest BCUT2D eigenvalue weighted by Gasteiger charge is 2.16. The third kappa shape index (κ3) is 5.31. The quantitative estimate of drug-likeness (QED) is 0.509. The molecule has 8 heteroatoms. The number of hydrogen-bond donors (Lipinski definition) is 2. The van der Waals surface area contributed by atoms with Gasteiger partial charge in [-0.15, -0.1) is 0 Å². The van der Waals surface area contributed by atoms with Crippen LogP contribution in [0.1, 0.15) is 27.7 Å². The molecule has 26 heavy (non-hydrogen) atoms. The Balaban J connectivity index is 2.31. The van der Waals surface area contributed by atoms with E-state index in [2.05, 4.69) is 26.2 Å². The minimum atomic E-state index is -0.701. The number of nitrogens with one attached hydrogen (secondary N) is 1. The van der Waals surface area contributed by atoms with Gasteiger partial charge in [0.1, 0.15) is 0 Å². The Morgan fingerprint density at radius 3 is 2.65 bits per heavy atom. The van der Waals surface area contributed by atoms with E-state index in [1.54, 1.807) is 19.1 Å². The number of nitrogens with zero attached hydrogens (tertiary/aromatic N) is 2. The molecule has 1 aromatic carbocycles. The van der Waals surface area contributed by atoms with Crippen LogP contribution in [0.5, 0.6) is 0 Å². The number of rotatable bonds is 7. The van der Waals surface area contributed by atoms with E-state index < -0.39 is 6.10 Å². The minimum Gasteiger partial charge on any atom is -0.392 e. The van der Waals surface area contributed by atoms with Gasteiger partial charge in [-0.3, -0.25) is 14.2 Å². The van der Waals surface area contributed by atoms with Crippen LogP contribution in [0.15, 0.2) is 32.6 Å². The molecule has 2 aromatic rings. The summed E-state index contributed by atoms with van der Waals surface area (Å²) in [5.74, 6) is 0.394. The van der Waals surface area contributed by atoms with Gasteiger partial charge in [-0.2, -0.15) is 0 Å². The van der Waals surface area contributed by atoms with Gasteiger partial charge in [0, 0.05) is 10.5 Å². The molecule has 142 valence electrons. The van der Waals surface area contributed by atoms with E-state index in [1.807, 2.05) is 26.8 Å². The van der Waals surface area contributed by atoms with Crippen LogP contribution < -0.4 is 10.9 Å². The number of benzene rings is 1. The maximum Gasteiger partial charge on any atom is 0.262 e. The van der Waals surface area contributed by atoms with E-state index in [1.165, 1.54) is 16.3 Å². The average molecular weight is 442 g/mol. The molecule has 0 fully saturated rings. The van der Waals surface area contributed by atoms with Crippen LogP contribution in [0.4, 0.5) is 0 Å². The summed E-state index contributed by atoms with van der Waals surface area (Å²) in [5.41, 5.74) is 0.342. The van der Waals surface area contributed by atoms with Gasteiger partial charge in [-0.05, 0) is 38.0 Å². The molecule has 0 aliphatic carbocycles. The van der Waals surface area contributed by atoms with Crippen molar-refractivity contribution < 1.29 is 9.90 Å². The maximum atomic E-state index is 12.8. The Bertz CT molecular complexity index is 851. The van der Waals surface area contributed by atoms with Crippen LogP contribution >= 0.6 is 27.7 Å². The van der Waals surface area contributed by atoms with E-state index in [0.717, 1.165) is 4.47 Å². The normalized spacial score (nSPS) is 13.8. The van der Waals surface area contributed by atoms with Gasteiger partial charge in [0.25, 0.3) is 5.56 Å². The fraction of sp³-hybridized carbons (Fsp3) is 0.500. The van der Waals surface area contributed by atoms with E-state index in [0.29, 0.717) is 22.0 Å². The highest BCUT2D eigenvalue weighted by Crippen LogP contribution is 2.21. The predicted octanol–water partition coefficient (Wildman–Crippen LogP) is 2.79. The van der Waals surface area contributed by atoms with E-state index in [9.17, 15) is 14.7 Å². The lowest BCUT2D eigenvalue weighted by atomic mass is 10.1. The second-order valence-electron chi connectivity index (χ2n) is 6.71. The van der Waals surface area contributed by atoms with Gasteiger partial charge in [0.2, 0.25) is 5.91 Å². The van der Waals surface area contributed by atoms with Gasteiger partial charge >= 0.3 is 0 Å². The summed E-state index contributed by atoms with van der Waals surface area (Å²) in [6.45, 7) is 7.79. The molecule has 0 aliphatic heterocycles. The topological polar surface area (TPSA) is 84.2 Å². The van der Waals surface area contributed by atoms with E-state index >= 15 is 0 Å². The number of thioether (sulfide) groups is 1. The first-order chi connectivity index (χ1) is 12.2. The molecule has 2 rings (SSSR count). The van der Waals surface area contributed by atoms with E-state index in [-0.39, 0.29) is 29.8 Å². The summed E-state index contributed by atoms with van der Waals surface area (Å²) in [7, 11) is 0. The van der Waals surface area contributed by atoms with Gasteiger partial charge in [0.15, 0.2) is 5.16 Å². The van der Waals surface area contributed by atoms with Crippen molar-refractivity contribution in [3.05, 3.63) is 33.0 Å². The summed E-state index contributed by atoms with van der Waals surface area (Å²) in [6, 6.07) is 5.37. The van der Waals surface area contributed by atoms with Crippen molar-refractivity contribution in [3.63, 3.8) is 0 Å². The molecular formula is C18H24BrN3O3S. The molecule has 0 saturated heterocycles. The summed E-state index contributed by atoms with van der Waals surface area (Å²) in [6.07, 6.45) is -0.701. The van der Waals surface area contributed by atoms with Crippen LogP contribution in [0.25, 0.3) is 10.9 Å². The zero-order valence-corrected chi connectivity index (χ0v) is 17.7. The first-order valence-corrected chi connectivity index (χ1v) is 10.3. The Morgan fingerprint density at radius 1 is 1.35 bits per heavy atom. The number of aliphatic hydroxyl groups excluding tert-OH is 1. The number of carbonyl (C=O) groups is 1. The number of halogens is 1. The van der Waals surface area contributed by atoms with Crippen LogP contribution in [-0.4, -0.2) is 38.5 Å². The number of hydrogen-bond acceptors (Lipinski definition) is 5. The third-order valence-corrected chi connectivity index (χ3v) is 5.52. The van der Waals surface area contributed by atoms with Crippen LogP contribution in [0.2, 0.25) is 0 Å². The van der Waals surface area contributed by atoms with Crippen LogP contribution in [-0.2, 0) is 11.3 Å². The monoisotopic (exact) mass is 441 g/mol. The van der Waals surface area contributed by atoms with Crippen LogP contribution in [0, 0.1) is 5.92 Å². The molecule has 0 unspecified atom stereocenters. The summed E-state index contributed by atoms with van der Waals surface area (Å²) in [4.78, 5) is 29.5. The van der Waals surface area contributed by atoms with Gasteiger partial charge < -0.3 is 10.4 Å². The van der Waals surface area contributed by atoms with Crippen molar-refractivity contribution in [1.29, 1.82) is 0 Å². The minimum absolute atomic E-state index is 0.0738. The number of aliphatic hydroxyl groups is 1. The standard InChI is InChI=1S/C18H24BrN3O3S/c1-10(2)12(4)20-16(24)9-26-18-21-15-6-5-13(19)7-14(15)17(25)22(18)8-11(3)23/h5-7,10-12,23H,8-9H2,1-4H3,(H,20,24)/t11-,12-/m1/s1. The molecule has 0 spiro atoms. The van der Waals surface area contributed by atoms with Gasteiger partial charge in [-0.1, -0.05) is 41.5 Å². The van der Waals surface area contributed by atoms with Crippen LogP contribution in [0.3, 0.4) is 0 Å². The highest BCUT2D eigenvalue weighted by atomic mass is 79.9. The molecule has 0 radical (unpaired) electrons.